The highest BCUT2D eigenvalue weighted by atomic mass is 16.2. The number of amides is 1. The van der Waals surface area contributed by atoms with Crippen LogP contribution in [0.4, 0.5) is 0 Å². The zero-order valence-electron chi connectivity index (χ0n) is 13.1. The molecule has 0 spiro atoms. The summed E-state index contributed by atoms with van der Waals surface area (Å²) >= 11 is 0. The summed E-state index contributed by atoms with van der Waals surface area (Å²) in [6.45, 7) is 6.98. The van der Waals surface area contributed by atoms with E-state index in [1.165, 1.54) is 11.1 Å². The summed E-state index contributed by atoms with van der Waals surface area (Å²) in [6.07, 6.45) is 2.01. The molecule has 0 radical (unpaired) electrons. The second-order valence-electron chi connectivity index (χ2n) is 6.20. The number of hydrogen-bond acceptors (Lipinski definition) is 3. The lowest BCUT2D eigenvalue weighted by Crippen LogP contribution is -2.45. The SMILES string of the molecule is CC(C)CCNC(=O)CN1CCc2ccccc2C1CN. The van der Waals surface area contributed by atoms with Crippen LogP contribution in [0.25, 0.3) is 0 Å². The van der Waals surface area contributed by atoms with Crippen LogP contribution < -0.4 is 11.1 Å². The molecule has 0 fully saturated rings. The predicted octanol–water partition coefficient (Wildman–Crippen LogP) is 1.71. The third kappa shape index (κ3) is 4.29. The summed E-state index contributed by atoms with van der Waals surface area (Å²) in [4.78, 5) is 14.3. The summed E-state index contributed by atoms with van der Waals surface area (Å²) < 4.78 is 0. The van der Waals surface area contributed by atoms with E-state index in [9.17, 15) is 4.79 Å². The number of hydrogen-bond donors (Lipinski definition) is 2. The van der Waals surface area contributed by atoms with E-state index in [-0.39, 0.29) is 11.9 Å². The molecule has 1 aromatic carbocycles. The van der Waals surface area contributed by atoms with Gasteiger partial charge in [-0.2, -0.15) is 0 Å². The fourth-order valence-corrected chi connectivity index (χ4v) is 2.91. The van der Waals surface area contributed by atoms with Crippen molar-refractivity contribution in [1.29, 1.82) is 0 Å². The van der Waals surface area contributed by atoms with Crippen LogP contribution >= 0.6 is 0 Å². The molecule has 0 bridgehead atoms. The summed E-state index contributed by atoms with van der Waals surface area (Å²) in [6, 6.07) is 8.58. The molecule has 1 unspecified atom stereocenters. The third-order valence-electron chi connectivity index (χ3n) is 4.14. The third-order valence-corrected chi connectivity index (χ3v) is 4.14. The van der Waals surface area contributed by atoms with Crippen molar-refractivity contribution in [2.45, 2.75) is 32.7 Å². The van der Waals surface area contributed by atoms with Crippen LogP contribution in [-0.4, -0.2) is 37.0 Å². The fourth-order valence-electron chi connectivity index (χ4n) is 2.91. The highest BCUT2D eigenvalue weighted by Crippen LogP contribution is 2.28. The molecule has 1 atom stereocenters. The van der Waals surface area contributed by atoms with Crippen molar-refractivity contribution in [3.05, 3.63) is 35.4 Å². The molecule has 21 heavy (non-hydrogen) atoms. The number of benzene rings is 1. The van der Waals surface area contributed by atoms with E-state index >= 15 is 0 Å². The highest BCUT2D eigenvalue weighted by molar-refractivity contribution is 5.78. The molecule has 1 amide bonds. The van der Waals surface area contributed by atoms with Crippen molar-refractivity contribution in [2.24, 2.45) is 11.7 Å². The first-order valence-corrected chi connectivity index (χ1v) is 7.90. The van der Waals surface area contributed by atoms with Crippen molar-refractivity contribution >= 4 is 5.91 Å². The Hall–Kier alpha value is -1.39. The van der Waals surface area contributed by atoms with Crippen LogP contribution in [0, 0.1) is 5.92 Å². The van der Waals surface area contributed by atoms with Crippen LogP contribution in [0.2, 0.25) is 0 Å². The van der Waals surface area contributed by atoms with Gasteiger partial charge in [0.25, 0.3) is 0 Å². The van der Waals surface area contributed by atoms with E-state index in [4.69, 9.17) is 5.73 Å². The summed E-state index contributed by atoms with van der Waals surface area (Å²) in [5, 5.41) is 3.01. The minimum Gasteiger partial charge on any atom is -0.355 e. The molecule has 2 rings (SSSR count). The van der Waals surface area contributed by atoms with Gasteiger partial charge in [-0.15, -0.1) is 0 Å². The first kappa shape index (κ1) is 16.0. The molecule has 0 saturated carbocycles. The molecule has 0 saturated heterocycles. The lowest BCUT2D eigenvalue weighted by atomic mass is 9.92. The van der Waals surface area contributed by atoms with Gasteiger partial charge in [0.15, 0.2) is 0 Å². The Morgan fingerprint density at radius 2 is 2.19 bits per heavy atom. The Morgan fingerprint density at radius 1 is 1.43 bits per heavy atom. The van der Waals surface area contributed by atoms with Gasteiger partial charge in [-0.05, 0) is 29.9 Å². The topological polar surface area (TPSA) is 58.4 Å². The first-order valence-electron chi connectivity index (χ1n) is 7.90. The van der Waals surface area contributed by atoms with Gasteiger partial charge in [0.2, 0.25) is 5.91 Å². The van der Waals surface area contributed by atoms with E-state index < -0.39 is 0 Å². The van der Waals surface area contributed by atoms with Crippen molar-refractivity contribution in [2.75, 3.05) is 26.2 Å². The van der Waals surface area contributed by atoms with E-state index in [2.05, 4.69) is 42.3 Å². The standard InChI is InChI=1S/C17H27N3O/c1-13(2)7-9-19-17(21)12-20-10-8-14-5-3-4-6-15(14)16(20)11-18/h3-6,13,16H,7-12,18H2,1-2H3,(H,19,21). The monoisotopic (exact) mass is 289 g/mol. The predicted molar refractivity (Wildman–Crippen MR) is 86.0 cm³/mol. The lowest BCUT2D eigenvalue weighted by molar-refractivity contribution is -0.122. The lowest BCUT2D eigenvalue weighted by Gasteiger charge is -2.36. The molecule has 0 aliphatic carbocycles. The molecule has 4 heteroatoms. The summed E-state index contributed by atoms with van der Waals surface area (Å²) in [7, 11) is 0. The molecule has 3 N–H and O–H groups in total. The zero-order chi connectivity index (χ0) is 15.2. The quantitative estimate of drug-likeness (QED) is 0.838. The van der Waals surface area contributed by atoms with Gasteiger partial charge >= 0.3 is 0 Å². The van der Waals surface area contributed by atoms with Crippen molar-refractivity contribution in [3.63, 3.8) is 0 Å². The number of carbonyl (C=O) groups is 1. The Morgan fingerprint density at radius 3 is 2.90 bits per heavy atom. The molecule has 0 aromatic heterocycles. The van der Waals surface area contributed by atoms with Crippen LogP contribution in [0.5, 0.6) is 0 Å². The minimum absolute atomic E-state index is 0.105. The van der Waals surface area contributed by atoms with Crippen molar-refractivity contribution < 1.29 is 4.79 Å². The number of fused-ring (bicyclic) bond motifs is 1. The van der Waals surface area contributed by atoms with Crippen LogP contribution in [0.3, 0.4) is 0 Å². The molecule has 4 nitrogen and oxygen atoms in total. The molecule has 1 aromatic rings. The fraction of sp³-hybridized carbons (Fsp3) is 0.588. The molecule has 1 aliphatic rings. The number of nitrogens with one attached hydrogen (secondary N) is 1. The number of carbonyl (C=O) groups excluding carboxylic acids is 1. The van der Waals surface area contributed by atoms with Crippen LogP contribution in [-0.2, 0) is 11.2 Å². The molecular weight excluding hydrogens is 262 g/mol. The van der Waals surface area contributed by atoms with Gasteiger partial charge in [0, 0.05) is 25.7 Å². The number of rotatable bonds is 6. The van der Waals surface area contributed by atoms with Gasteiger partial charge in [-0.3, -0.25) is 9.69 Å². The van der Waals surface area contributed by atoms with E-state index in [0.717, 1.165) is 25.9 Å². The normalized spacial score (nSPS) is 18.6. The van der Waals surface area contributed by atoms with Crippen molar-refractivity contribution in [3.8, 4) is 0 Å². The average molecular weight is 289 g/mol. The second-order valence-corrected chi connectivity index (χ2v) is 6.20. The maximum atomic E-state index is 12.1. The second kappa shape index (κ2) is 7.57. The van der Waals surface area contributed by atoms with Gasteiger partial charge in [0.1, 0.15) is 0 Å². The highest BCUT2D eigenvalue weighted by Gasteiger charge is 2.27. The Bertz CT molecular complexity index is 473. The minimum atomic E-state index is 0.105. The first-order chi connectivity index (χ1) is 10.1. The molecule has 116 valence electrons. The molecular formula is C17H27N3O. The van der Waals surface area contributed by atoms with Gasteiger partial charge in [-0.1, -0.05) is 38.1 Å². The summed E-state index contributed by atoms with van der Waals surface area (Å²) in [5.41, 5.74) is 8.59. The van der Waals surface area contributed by atoms with Gasteiger partial charge in [0.05, 0.1) is 6.54 Å². The average Bonchev–Trinajstić information content (AvgIpc) is 2.46. The maximum Gasteiger partial charge on any atom is 0.234 e. The van der Waals surface area contributed by atoms with Gasteiger partial charge in [-0.25, -0.2) is 0 Å². The molecule has 1 heterocycles. The van der Waals surface area contributed by atoms with E-state index in [1.807, 2.05) is 6.07 Å². The van der Waals surface area contributed by atoms with Crippen LogP contribution in [0.15, 0.2) is 24.3 Å². The smallest absolute Gasteiger partial charge is 0.234 e. The number of nitrogens with zero attached hydrogens (tertiary/aromatic N) is 1. The summed E-state index contributed by atoms with van der Waals surface area (Å²) in [5.74, 6) is 0.720. The Labute approximate surface area is 127 Å². The van der Waals surface area contributed by atoms with Crippen LogP contribution in [0.1, 0.15) is 37.4 Å². The Kier molecular flexibility index (Phi) is 5.76. The largest absolute Gasteiger partial charge is 0.355 e. The van der Waals surface area contributed by atoms with E-state index in [0.29, 0.717) is 19.0 Å². The maximum absolute atomic E-state index is 12.1. The van der Waals surface area contributed by atoms with Gasteiger partial charge < -0.3 is 11.1 Å². The van der Waals surface area contributed by atoms with E-state index in [1.54, 1.807) is 0 Å². The molecule has 1 aliphatic heterocycles. The number of nitrogens with two attached hydrogens (primary N) is 1. The van der Waals surface area contributed by atoms with Crippen molar-refractivity contribution in [1.82, 2.24) is 10.2 Å². The Balaban J connectivity index is 1.93. The zero-order valence-corrected chi connectivity index (χ0v) is 13.1.